The van der Waals surface area contributed by atoms with Crippen molar-refractivity contribution in [1.29, 1.82) is 0 Å². The smallest absolute Gasteiger partial charge is 0.853 e. The second-order valence-electron chi connectivity index (χ2n) is 4.74. The Hall–Kier alpha value is 3.03. The molecule has 22 heavy (non-hydrogen) atoms. The molecule has 0 radical (unpaired) electrons. The fourth-order valence-corrected chi connectivity index (χ4v) is 2.28. The normalized spacial score (nSPS) is 21.0. The first-order valence-electron chi connectivity index (χ1n) is 7.43. The molecule has 0 amide bonds. The van der Waals surface area contributed by atoms with Crippen molar-refractivity contribution >= 4 is 0 Å². The van der Waals surface area contributed by atoms with E-state index < -0.39 is 0 Å². The molecule has 0 aliphatic heterocycles. The minimum absolute atomic E-state index is 0. The minimum Gasteiger partial charge on any atom is -0.853 e. The van der Waals surface area contributed by atoms with Gasteiger partial charge in [0, 0.05) is 13.2 Å². The third-order valence-corrected chi connectivity index (χ3v) is 3.22. The van der Waals surface area contributed by atoms with E-state index in [9.17, 15) is 10.2 Å². The summed E-state index contributed by atoms with van der Waals surface area (Å²) in [6.45, 7) is 1.97. The molecule has 1 saturated carbocycles. The van der Waals surface area contributed by atoms with Crippen LogP contribution in [0.1, 0.15) is 25.7 Å². The molecule has 0 aromatic carbocycles. The van der Waals surface area contributed by atoms with Crippen LogP contribution in [0.3, 0.4) is 0 Å². The molecule has 1 aliphatic rings. The average molecular weight is 369 g/mol. The summed E-state index contributed by atoms with van der Waals surface area (Å²) in [5.41, 5.74) is 0. The first-order chi connectivity index (χ1) is 9.88. The molecular weight excluding hydrogens is 342 g/mol. The van der Waals surface area contributed by atoms with Gasteiger partial charge in [0.2, 0.25) is 0 Å². The summed E-state index contributed by atoms with van der Waals surface area (Å²) in [6.07, 6.45) is 4.48. The number of hydrogen-bond donors (Lipinski definition) is 0. The molecule has 1 rings (SSSR count). The molecular formula is C14H26K2O6. The van der Waals surface area contributed by atoms with Crippen LogP contribution >= 0.6 is 0 Å². The maximum absolute atomic E-state index is 10.2. The first kappa shape index (κ1) is 27.3. The number of rotatable bonds is 12. The molecule has 120 valence electrons. The SMILES string of the molecule is [K+].[K+].[O-]CCOCCOC1CCCCC1OCCOCC[O-]. The van der Waals surface area contributed by atoms with Crippen molar-refractivity contribution in [3.8, 4) is 0 Å². The van der Waals surface area contributed by atoms with E-state index in [0.717, 1.165) is 25.7 Å². The van der Waals surface area contributed by atoms with E-state index >= 15 is 0 Å². The molecule has 1 fully saturated rings. The predicted octanol–water partition coefficient (Wildman–Crippen LogP) is -6.91. The van der Waals surface area contributed by atoms with Gasteiger partial charge in [-0.2, -0.15) is 0 Å². The zero-order valence-corrected chi connectivity index (χ0v) is 20.3. The van der Waals surface area contributed by atoms with Gasteiger partial charge in [-0.25, -0.2) is 0 Å². The minimum atomic E-state index is -0.210. The van der Waals surface area contributed by atoms with Gasteiger partial charge in [-0.1, -0.05) is 12.8 Å². The van der Waals surface area contributed by atoms with E-state index in [4.69, 9.17) is 18.9 Å². The van der Waals surface area contributed by atoms with Gasteiger partial charge in [-0.3, -0.25) is 0 Å². The maximum Gasteiger partial charge on any atom is 1.00 e. The molecule has 8 heteroatoms. The van der Waals surface area contributed by atoms with Gasteiger partial charge in [0.25, 0.3) is 0 Å². The van der Waals surface area contributed by atoms with Crippen molar-refractivity contribution in [3.63, 3.8) is 0 Å². The van der Waals surface area contributed by atoms with Crippen molar-refractivity contribution < 1.29 is 132 Å². The zero-order valence-electron chi connectivity index (χ0n) is 14.1. The van der Waals surface area contributed by atoms with E-state index in [-0.39, 0.29) is 141 Å². The third-order valence-electron chi connectivity index (χ3n) is 3.22. The van der Waals surface area contributed by atoms with E-state index in [0.29, 0.717) is 26.4 Å². The van der Waals surface area contributed by atoms with Crippen LogP contribution in [0, 0.1) is 0 Å². The summed E-state index contributed by atoms with van der Waals surface area (Å²) in [5, 5.41) is 20.4. The van der Waals surface area contributed by atoms with E-state index in [2.05, 4.69) is 0 Å². The predicted molar refractivity (Wildman–Crippen MR) is 69.3 cm³/mol. The van der Waals surface area contributed by atoms with E-state index in [1.807, 2.05) is 0 Å². The molecule has 0 saturated heterocycles. The summed E-state index contributed by atoms with van der Waals surface area (Å²) >= 11 is 0. The van der Waals surface area contributed by atoms with Gasteiger partial charge in [0.15, 0.2) is 0 Å². The van der Waals surface area contributed by atoms with Gasteiger partial charge in [0.05, 0.1) is 38.6 Å². The van der Waals surface area contributed by atoms with Crippen LogP contribution in [-0.4, -0.2) is 65.1 Å². The molecule has 1 aliphatic carbocycles. The zero-order chi connectivity index (χ0) is 14.5. The summed E-state index contributed by atoms with van der Waals surface area (Å²) < 4.78 is 21.8. The monoisotopic (exact) mass is 368 g/mol. The van der Waals surface area contributed by atoms with Crippen molar-refractivity contribution in [2.75, 3.05) is 52.9 Å². The molecule has 0 N–H and O–H groups in total. The quantitative estimate of drug-likeness (QED) is 0.252. The summed E-state index contributed by atoms with van der Waals surface area (Å²) in [4.78, 5) is 0. The van der Waals surface area contributed by atoms with Crippen LogP contribution in [0.25, 0.3) is 0 Å². The molecule has 6 nitrogen and oxygen atoms in total. The van der Waals surface area contributed by atoms with Crippen LogP contribution in [0.15, 0.2) is 0 Å². The first-order valence-corrected chi connectivity index (χ1v) is 7.43. The van der Waals surface area contributed by atoms with Crippen LogP contribution < -0.4 is 113 Å². The second-order valence-corrected chi connectivity index (χ2v) is 4.74. The Morgan fingerprint density at radius 2 is 1.05 bits per heavy atom. The van der Waals surface area contributed by atoms with E-state index in [1.165, 1.54) is 0 Å². The van der Waals surface area contributed by atoms with Crippen LogP contribution in [-0.2, 0) is 18.9 Å². The second kappa shape index (κ2) is 20.3. The van der Waals surface area contributed by atoms with Crippen LogP contribution in [0.5, 0.6) is 0 Å². The molecule has 2 atom stereocenters. The van der Waals surface area contributed by atoms with Crippen molar-refractivity contribution in [2.45, 2.75) is 37.9 Å². The largest absolute Gasteiger partial charge is 1.00 e. The Bertz CT molecular complexity index is 202. The Morgan fingerprint density at radius 3 is 1.41 bits per heavy atom. The molecule has 0 aromatic rings. The van der Waals surface area contributed by atoms with Crippen molar-refractivity contribution in [1.82, 2.24) is 0 Å². The number of ether oxygens (including phenoxy) is 4. The van der Waals surface area contributed by atoms with Crippen molar-refractivity contribution in [3.05, 3.63) is 0 Å². The Balaban J connectivity index is 0. The molecule has 0 heterocycles. The summed E-state index contributed by atoms with van der Waals surface area (Å²) in [6, 6.07) is 0. The average Bonchev–Trinajstić information content (AvgIpc) is 2.48. The topological polar surface area (TPSA) is 83.0 Å². The van der Waals surface area contributed by atoms with Gasteiger partial charge >= 0.3 is 103 Å². The fourth-order valence-electron chi connectivity index (χ4n) is 2.28. The summed E-state index contributed by atoms with van der Waals surface area (Å²) in [7, 11) is 0. The Labute approximate surface area is 218 Å². The third kappa shape index (κ3) is 14.2. The molecule has 0 bridgehead atoms. The molecule has 0 spiro atoms. The Kier molecular flexibility index (Phi) is 25.2. The molecule has 0 aromatic heterocycles. The number of hydrogen-bond acceptors (Lipinski definition) is 6. The van der Waals surface area contributed by atoms with Gasteiger partial charge in [0.1, 0.15) is 0 Å². The van der Waals surface area contributed by atoms with E-state index in [1.54, 1.807) is 0 Å². The maximum atomic E-state index is 10.2. The van der Waals surface area contributed by atoms with Gasteiger partial charge in [-0.05, 0) is 12.8 Å². The van der Waals surface area contributed by atoms with Crippen LogP contribution in [0.4, 0.5) is 0 Å². The van der Waals surface area contributed by atoms with Gasteiger partial charge < -0.3 is 29.2 Å². The fraction of sp³-hybridized carbons (Fsp3) is 1.00. The molecule has 2 unspecified atom stereocenters. The summed E-state index contributed by atoms with van der Waals surface area (Å²) in [5.74, 6) is 0. The van der Waals surface area contributed by atoms with Crippen LogP contribution in [0.2, 0.25) is 0 Å². The standard InChI is InChI=1S/C14H26O6.2K/c15-5-7-17-9-11-19-13-3-1-2-4-14(13)20-12-10-18-8-6-16;;/h13-14H,1-12H2;;/q-2;2*+1. The van der Waals surface area contributed by atoms with Gasteiger partial charge in [-0.15, -0.1) is 13.2 Å². The Morgan fingerprint density at radius 1 is 0.636 bits per heavy atom. The van der Waals surface area contributed by atoms with Crippen molar-refractivity contribution in [2.24, 2.45) is 0 Å².